The number of rotatable bonds is 8. The Hall–Kier alpha value is -3.41. The molecule has 0 aliphatic heterocycles. The smallest absolute Gasteiger partial charge is 0.154 e. The zero-order chi connectivity index (χ0) is 24.7. The SMILES string of the molecule is NCC1CCCC(CNc2nc(/C=C/c3cccc(Oc4ccccc4)c3)nc3cc(Cl)ccc23)C1. The molecule has 184 valence electrons. The Bertz CT molecular complexity index is 1340. The minimum Gasteiger partial charge on any atom is -0.457 e. The highest BCUT2D eigenvalue weighted by atomic mass is 35.5. The fourth-order valence-electron chi connectivity index (χ4n) is 4.85. The molecule has 1 aromatic heterocycles. The van der Waals surface area contributed by atoms with E-state index < -0.39 is 0 Å². The van der Waals surface area contributed by atoms with Gasteiger partial charge in [0.05, 0.1) is 5.52 Å². The Morgan fingerprint density at radius 3 is 2.61 bits per heavy atom. The normalized spacial score (nSPS) is 17.9. The zero-order valence-electron chi connectivity index (χ0n) is 20.2. The average molecular weight is 499 g/mol. The van der Waals surface area contributed by atoms with Gasteiger partial charge in [-0.05, 0) is 91.7 Å². The van der Waals surface area contributed by atoms with Crippen LogP contribution in [0.3, 0.4) is 0 Å². The highest BCUT2D eigenvalue weighted by Crippen LogP contribution is 2.30. The average Bonchev–Trinajstić information content (AvgIpc) is 2.91. The number of para-hydroxylation sites is 1. The number of hydrogen-bond donors (Lipinski definition) is 2. The summed E-state index contributed by atoms with van der Waals surface area (Å²) in [5, 5.41) is 5.24. The quantitative estimate of drug-likeness (QED) is 0.264. The first-order chi connectivity index (χ1) is 17.7. The van der Waals surface area contributed by atoms with Gasteiger partial charge in [-0.3, -0.25) is 0 Å². The number of ether oxygens (including phenoxy) is 1. The summed E-state index contributed by atoms with van der Waals surface area (Å²) in [6.45, 7) is 1.66. The molecule has 0 amide bonds. The molecule has 5 nitrogen and oxygen atoms in total. The maximum Gasteiger partial charge on any atom is 0.154 e. The summed E-state index contributed by atoms with van der Waals surface area (Å²) in [5.41, 5.74) is 7.77. The topological polar surface area (TPSA) is 73.1 Å². The van der Waals surface area contributed by atoms with Crippen molar-refractivity contribution in [2.24, 2.45) is 17.6 Å². The lowest BCUT2D eigenvalue weighted by Crippen LogP contribution is -2.26. The number of fused-ring (bicyclic) bond motifs is 1. The Morgan fingerprint density at radius 1 is 0.917 bits per heavy atom. The van der Waals surface area contributed by atoms with E-state index in [2.05, 4.69) is 5.32 Å². The Labute approximate surface area is 217 Å². The van der Waals surface area contributed by atoms with Crippen molar-refractivity contribution in [2.45, 2.75) is 25.7 Å². The van der Waals surface area contributed by atoms with Crippen LogP contribution < -0.4 is 15.8 Å². The lowest BCUT2D eigenvalue weighted by molar-refractivity contribution is 0.281. The fourth-order valence-corrected chi connectivity index (χ4v) is 5.02. The molecular weight excluding hydrogens is 468 g/mol. The van der Waals surface area contributed by atoms with E-state index in [1.165, 1.54) is 25.7 Å². The lowest BCUT2D eigenvalue weighted by atomic mass is 9.81. The van der Waals surface area contributed by atoms with Crippen LogP contribution in [-0.2, 0) is 0 Å². The minimum absolute atomic E-state index is 0.607. The van der Waals surface area contributed by atoms with Gasteiger partial charge >= 0.3 is 0 Å². The van der Waals surface area contributed by atoms with Crippen LogP contribution in [0.1, 0.15) is 37.1 Å². The van der Waals surface area contributed by atoms with Gasteiger partial charge in [-0.25, -0.2) is 9.97 Å². The zero-order valence-corrected chi connectivity index (χ0v) is 21.0. The summed E-state index contributed by atoms with van der Waals surface area (Å²) < 4.78 is 5.97. The molecule has 3 N–H and O–H groups in total. The molecule has 1 heterocycles. The van der Waals surface area contributed by atoms with Crippen molar-refractivity contribution in [3.8, 4) is 11.5 Å². The van der Waals surface area contributed by atoms with Crippen molar-refractivity contribution in [3.05, 3.63) is 89.2 Å². The number of anilines is 1. The van der Waals surface area contributed by atoms with Crippen molar-refractivity contribution in [1.29, 1.82) is 0 Å². The molecule has 0 bridgehead atoms. The number of halogens is 1. The van der Waals surface area contributed by atoms with Gasteiger partial charge in [-0.2, -0.15) is 0 Å². The van der Waals surface area contributed by atoms with Crippen LogP contribution in [0, 0.1) is 11.8 Å². The van der Waals surface area contributed by atoms with Crippen molar-refractivity contribution in [3.63, 3.8) is 0 Å². The number of nitrogens with two attached hydrogens (primary N) is 1. The standard InChI is InChI=1S/C30H31ClN4O/c31-24-13-14-27-28(18-24)34-29(35-30(27)33-20-23-8-4-7-22(16-23)19-32)15-12-21-6-5-11-26(17-21)36-25-9-2-1-3-10-25/h1-3,5-6,9-15,17-18,22-23H,4,7-8,16,19-20,32H2,(H,33,34,35)/b15-12+. The second-order valence-corrected chi connectivity index (χ2v) is 9.86. The third-order valence-corrected chi connectivity index (χ3v) is 6.96. The second kappa shape index (κ2) is 11.5. The van der Waals surface area contributed by atoms with Crippen molar-refractivity contribution < 1.29 is 4.74 Å². The Morgan fingerprint density at radius 2 is 1.75 bits per heavy atom. The number of aromatic nitrogens is 2. The van der Waals surface area contributed by atoms with Crippen LogP contribution in [0.5, 0.6) is 11.5 Å². The van der Waals surface area contributed by atoms with Crippen LogP contribution in [0.2, 0.25) is 5.02 Å². The predicted molar refractivity (Wildman–Crippen MR) is 149 cm³/mol. The summed E-state index contributed by atoms with van der Waals surface area (Å²) in [7, 11) is 0. The number of nitrogens with one attached hydrogen (secondary N) is 1. The van der Waals surface area contributed by atoms with E-state index in [1.807, 2.05) is 84.9 Å². The van der Waals surface area contributed by atoms with E-state index in [4.69, 9.17) is 32.0 Å². The Balaban J connectivity index is 1.36. The van der Waals surface area contributed by atoms with E-state index in [0.717, 1.165) is 46.9 Å². The summed E-state index contributed by atoms with van der Waals surface area (Å²) in [4.78, 5) is 9.60. The van der Waals surface area contributed by atoms with Crippen molar-refractivity contribution in [2.75, 3.05) is 18.4 Å². The maximum absolute atomic E-state index is 6.29. The number of benzene rings is 3. The van der Waals surface area contributed by atoms with Gasteiger partial charge in [-0.15, -0.1) is 0 Å². The molecule has 5 rings (SSSR count). The van der Waals surface area contributed by atoms with Crippen LogP contribution in [0.4, 0.5) is 5.82 Å². The Kier molecular flexibility index (Phi) is 7.79. The summed E-state index contributed by atoms with van der Waals surface area (Å²) in [6.07, 6.45) is 8.82. The third-order valence-electron chi connectivity index (χ3n) is 6.72. The van der Waals surface area contributed by atoms with E-state index >= 15 is 0 Å². The molecule has 4 aromatic rings. The van der Waals surface area contributed by atoms with Crippen LogP contribution in [0.25, 0.3) is 23.1 Å². The highest BCUT2D eigenvalue weighted by molar-refractivity contribution is 6.31. The van der Waals surface area contributed by atoms with E-state index in [9.17, 15) is 0 Å². The summed E-state index contributed by atoms with van der Waals surface area (Å²) >= 11 is 6.29. The predicted octanol–water partition coefficient (Wildman–Crippen LogP) is 7.42. The molecule has 0 radical (unpaired) electrons. The minimum atomic E-state index is 0.607. The first kappa shape index (κ1) is 24.3. The molecule has 1 fully saturated rings. The first-order valence-corrected chi connectivity index (χ1v) is 13.0. The molecule has 6 heteroatoms. The van der Waals surface area contributed by atoms with Gasteiger partial charge in [-0.1, -0.05) is 54.4 Å². The fraction of sp³-hybridized carbons (Fsp3) is 0.267. The first-order valence-electron chi connectivity index (χ1n) is 12.6. The molecule has 1 aliphatic carbocycles. The monoisotopic (exact) mass is 498 g/mol. The molecule has 0 saturated heterocycles. The number of hydrogen-bond acceptors (Lipinski definition) is 5. The molecular formula is C30H31ClN4O. The van der Waals surface area contributed by atoms with Gasteiger partial charge < -0.3 is 15.8 Å². The molecule has 3 aromatic carbocycles. The summed E-state index contributed by atoms with van der Waals surface area (Å²) in [5.74, 6) is 4.29. The molecule has 2 atom stereocenters. The van der Waals surface area contributed by atoms with E-state index in [1.54, 1.807) is 0 Å². The molecule has 2 unspecified atom stereocenters. The van der Waals surface area contributed by atoms with Crippen molar-refractivity contribution >= 4 is 40.5 Å². The van der Waals surface area contributed by atoms with Gasteiger partial charge in [0.2, 0.25) is 0 Å². The number of nitrogens with zero attached hydrogens (tertiary/aromatic N) is 2. The van der Waals surface area contributed by atoms with Crippen LogP contribution in [-0.4, -0.2) is 23.1 Å². The van der Waals surface area contributed by atoms with Crippen LogP contribution >= 0.6 is 11.6 Å². The van der Waals surface area contributed by atoms with Crippen molar-refractivity contribution in [1.82, 2.24) is 9.97 Å². The molecule has 36 heavy (non-hydrogen) atoms. The van der Waals surface area contributed by atoms with Gasteiger partial charge in [0.25, 0.3) is 0 Å². The van der Waals surface area contributed by atoms with Gasteiger partial charge in [0.1, 0.15) is 17.3 Å². The highest BCUT2D eigenvalue weighted by Gasteiger charge is 2.21. The molecule has 1 saturated carbocycles. The van der Waals surface area contributed by atoms with E-state index in [-0.39, 0.29) is 0 Å². The maximum atomic E-state index is 6.29. The summed E-state index contributed by atoms with van der Waals surface area (Å²) in [6, 6.07) is 23.5. The third kappa shape index (κ3) is 6.23. The lowest BCUT2D eigenvalue weighted by Gasteiger charge is -2.28. The second-order valence-electron chi connectivity index (χ2n) is 9.43. The van der Waals surface area contributed by atoms with Crippen LogP contribution in [0.15, 0.2) is 72.8 Å². The molecule has 1 aliphatic rings. The van der Waals surface area contributed by atoms with E-state index in [0.29, 0.717) is 22.7 Å². The van der Waals surface area contributed by atoms with Gasteiger partial charge in [0.15, 0.2) is 5.82 Å². The molecule has 0 spiro atoms. The largest absolute Gasteiger partial charge is 0.457 e. The van der Waals surface area contributed by atoms with Gasteiger partial charge in [0, 0.05) is 17.0 Å².